The van der Waals surface area contributed by atoms with Crippen LogP contribution < -0.4 is 5.32 Å². The molecule has 4 rings (SSSR count). The molecule has 8 nitrogen and oxygen atoms in total. The average molecular weight is 430 g/mol. The van der Waals surface area contributed by atoms with Gasteiger partial charge in [0.1, 0.15) is 0 Å². The number of rotatable bonds is 7. The van der Waals surface area contributed by atoms with Gasteiger partial charge in [-0.15, -0.1) is 10.2 Å². The first-order chi connectivity index (χ1) is 14.2. The van der Waals surface area contributed by atoms with Crippen LogP contribution in [-0.2, 0) is 22.4 Å². The zero-order valence-electron chi connectivity index (χ0n) is 15.8. The van der Waals surface area contributed by atoms with E-state index in [0.29, 0.717) is 21.8 Å². The highest BCUT2D eigenvalue weighted by Crippen LogP contribution is 2.29. The molecule has 2 aromatic heterocycles. The molecule has 0 atom stereocenters. The third-order valence-corrected chi connectivity index (χ3v) is 6.34. The predicted octanol–water partition coefficient (Wildman–Crippen LogP) is 3.12. The van der Waals surface area contributed by atoms with Crippen LogP contribution in [0.1, 0.15) is 35.1 Å². The van der Waals surface area contributed by atoms with Gasteiger partial charge in [-0.1, -0.05) is 41.3 Å². The Bertz CT molecular complexity index is 1030. The number of esters is 1. The van der Waals surface area contributed by atoms with E-state index in [1.165, 1.54) is 23.1 Å². The minimum absolute atomic E-state index is 0.158. The van der Waals surface area contributed by atoms with Gasteiger partial charge in [-0.2, -0.15) is 5.10 Å². The second-order valence-electron chi connectivity index (χ2n) is 6.30. The quantitative estimate of drug-likeness (QED) is 0.350. The average Bonchev–Trinajstić information content (AvgIpc) is 3.44. The predicted molar refractivity (Wildman–Crippen MR) is 111 cm³/mol. The summed E-state index contributed by atoms with van der Waals surface area (Å²) in [5, 5.41) is 15.7. The molecule has 29 heavy (non-hydrogen) atoms. The molecule has 2 heterocycles. The number of carbonyl (C=O) groups is 2. The summed E-state index contributed by atoms with van der Waals surface area (Å²) in [6, 6.07) is 9.81. The summed E-state index contributed by atoms with van der Waals surface area (Å²) in [6.45, 7) is 2.10. The lowest BCUT2D eigenvalue weighted by Crippen LogP contribution is -2.14. The second kappa shape index (κ2) is 8.75. The SMILES string of the molecule is CCOC(=O)CSc1nnc(NC(=O)c2nn(-c3ccccc3)c3c2CCC3)s1. The van der Waals surface area contributed by atoms with Crippen LogP contribution in [0.15, 0.2) is 34.7 Å². The topological polar surface area (TPSA) is 99.0 Å². The molecule has 150 valence electrons. The van der Waals surface area contributed by atoms with E-state index < -0.39 is 0 Å². The molecule has 0 bridgehead atoms. The number of benzene rings is 1. The van der Waals surface area contributed by atoms with E-state index in [-0.39, 0.29) is 17.6 Å². The van der Waals surface area contributed by atoms with Gasteiger partial charge < -0.3 is 4.74 Å². The van der Waals surface area contributed by atoms with Crippen molar-refractivity contribution in [3.63, 3.8) is 0 Å². The first kappa shape index (κ1) is 19.6. The van der Waals surface area contributed by atoms with Gasteiger partial charge in [0.25, 0.3) is 5.91 Å². The molecule has 0 unspecified atom stereocenters. The molecule has 0 saturated carbocycles. The van der Waals surface area contributed by atoms with Crippen LogP contribution in [0.25, 0.3) is 5.69 Å². The molecule has 0 fully saturated rings. The van der Waals surface area contributed by atoms with Gasteiger partial charge in [0.2, 0.25) is 5.13 Å². The van der Waals surface area contributed by atoms with Crippen molar-refractivity contribution >= 4 is 40.1 Å². The Hall–Kier alpha value is -2.72. The van der Waals surface area contributed by atoms with Crippen LogP contribution in [0.3, 0.4) is 0 Å². The zero-order valence-corrected chi connectivity index (χ0v) is 17.4. The highest BCUT2D eigenvalue weighted by Gasteiger charge is 2.27. The Morgan fingerprint density at radius 3 is 2.86 bits per heavy atom. The molecule has 1 amide bonds. The van der Waals surface area contributed by atoms with Crippen LogP contribution in [0.2, 0.25) is 0 Å². The lowest BCUT2D eigenvalue weighted by atomic mass is 10.2. The summed E-state index contributed by atoms with van der Waals surface area (Å²) in [6.07, 6.45) is 2.74. The Kier molecular flexibility index (Phi) is 5.91. The van der Waals surface area contributed by atoms with Crippen molar-refractivity contribution in [2.24, 2.45) is 0 Å². The maximum atomic E-state index is 12.9. The van der Waals surface area contributed by atoms with Crippen molar-refractivity contribution < 1.29 is 14.3 Å². The highest BCUT2D eigenvalue weighted by atomic mass is 32.2. The third kappa shape index (κ3) is 4.33. The number of nitrogens with zero attached hydrogens (tertiary/aromatic N) is 4. The van der Waals surface area contributed by atoms with Gasteiger partial charge in [-0.25, -0.2) is 4.68 Å². The number of para-hydroxylation sites is 1. The van der Waals surface area contributed by atoms with E-state index in [9.17, 15) is 9.59 Å². The fourth-order valence-corrected chi connectivity index (χ4v) is 4.75. The summed E-state index contributed by atoms with van der Waals surface area (Å²) >= 11 is 2.45. The summed E-state index contributed by atoms with van der Waals surface area (Å²) < 4.78 is 7.34. The van der Waals surface area contributed by atoms with E-state index >= 15 is 0 Å². The van der Waals surface area contributed by atoms with Crippen molar-refractivity contribution in [3.05, 3.63) is 47.3 Å². The van der Waals surface area contributed by atoms with Crippen LogP contribution in [-0.4, -0.2) is 44.2 Å². The van der Waals surface area contributed by atoms with E-state index in [4.69, 9.17) is 4.74 Å². The normalized spacial score (nSPS) is 12.6. The lowest BCUT2D eigenvalue weighted by molar-refractivity contribution is -0.139. The Balaban J connectivity index is 1.48. The minimum Gasteiger partial charge on any atom is -0.465 e. The van der Waals surface area contributed by atoms with Crippen LogP contribution in [0, 0.1) is 0 Å². The molecule has 1 aliphatic carbocycles. The Labute approximate surface area is 175 Å². The summed E-state index contributed by atoms with van der Waals surface area (Å²) in [5.74, 6) is -0.443. The van der Waals surface area contributed by atoms with Crippen molar-refractivity contribution in [1.82, 2.24) is 20.0 Å². The van der Waals surface area contributed by atoms with E-state index in [2.05, 4.69) is 20.6 Å². The molecule has 3 aromatic rings. The molecule has 0 spiro atoms. The largest absolute Gasteiger partial charge is 0.465 e. The fourth-order valence-electron chi connectivity index (χ4n) is 3.20. The number of amides is 1. The van der Waals surface area contributed by atoms with Crippen LogP contribution >= 0.6 is 23.1 Å². The first-order valence-corrected chi connectivity index (χ1v) is 11.1. The van der Waals surface area contributed by atoms with Gasteiger partial charge >= 0.3 is 5.97 Å². The van der Waals surface area contributed by atoms with Gasteiger partial charge in [0, 0.05) is 11.3 Å². The second-order valence-corrected chi connectivity index (χ2v) is 8.50. The van der Waals surface area contributed by atoms with Gasteiger partial charge in [0.15, 0.2) is 10.0 Å². The number of aromatic nitrogens is 4. The van der Waals surface area contributed by atoms with E-state index in [1.54, 1.807) is 6.92 Å². The molecule has 1 aromatic carbocycles. The molecule has 0 radical (unpaired) electrons. The third-order valence-electron chi connectivity index (χ3n) is 4.39. The molecule has 1 N–H and O–H groups in total. The van der Waals surface area contributed by atoms with Crippen LogP contribution in [0.5, 0.6) is 0 Å². The molecule has 0 saturated heterocycles. The Morgan fingerprint density at radius 1 is 1.24 bits per heavy atom. The highest BCUT2D eigenvalue weighted by molar-refractivity contribution is 8.01. The fraction of sp³-hybridized carbons (Fsp3) is 0.316. The standard InChI is InChI=1S/C19H19N5O3S2/c1-2-27-15(25)11-28-19-22-21-18(29-19)20-17(26)16-13-9-6-10-14(13)24(23-16)12-7-4-3-5-8-12/h3-5,7-8H,2,6,9-11H2,1H3,(H,20,21,26). The molecular weight excluding hydrogens is 410 g/mol. The summed E-state index contributed by atoms with van der Waals surface area (Å²) in [5.41, 5.74) is 3.45. The summed E-state index contributed by atoms with van der Waals surface area (Å²) in [4.78, 5) is 24.3. The number of hydrogen-bond donors (Lipinski definition) is 1. The minimum atomic E-state index is -0.305. The molecule has 0 aliphatic heterocycles. The van der Waals surface area contributed by atoms with Crippen molar-refractivity contribution in [2.45, 2.75) is 30.5 Å². The van der Waals surface area contributed by atoms with E-state index in [1.807, 2.05) is 35.0 Å². The maximum Gasteiger partial charge on any atom is 0.316 e. The monoisotopic (exact) mass is 429 g/mol. The van der Waals surface area contributed by atoms with Crippen molar-refractivity contribution in [3.8, 4) is 5.69 Å². The lowest BCUT2D eigenvalue weighted by Gasteiger charge is -2.04. The van der Waals surface area contributed by atoms with Gasteiger partial charge in [0.05, 0.1) is 18.0 Å². The molecule has 10 heteroatoms. The Morgan fingerprint density at radius 2 is 2.07 bits per heavy atom. The number of fused-ring (bicyclic) bond motifs is 1. The smallest absolute Gasteiger partial charge is 0.316 e. The van der Waals surface area contributed by atoms with Crippen LogP contribution in [0.4, 0.5) is 5.13 Å². The van der Waals surface area contributed by atoms with Gasteiger partial charge in [-0.3, -0.25) is 14.9 Å². The zero-order chi connectivity index (χ0) is 20.2. The van der Waals surface area contributed by atoms with Gasteiger partial charge in [-0.05, 0) is 38.3 Å². The summed E-state index contributed by atoms with van der Waals surface area (Å²) in [7, 11) is 0. The number of ether oxygens (including phenoxy) is 1. The number of thioether (sulfide) groups is 1. The number of anilines is 1. The van der Waals surface area contributed by atoms with Crippen molar-refractivity contribution in [1.29, 1.82) is 0 Å². The molecular formula is C19H19N5O3S2. The van der Waals surface area contributed by atoms with E-state index in [0.717, 1.165) is 36.2 Å². The van der Waals surface area contributed by atoms with Crippen molar-refractivity contribution in [2.75, 3.05) is 17.7 Å². The number of nitrogens with one attached hydrogen (secondary N) is 1. The number of hydrogen-bond acceptors (Lipinski definition) is 8. The molecule has 1 aliphatic rings. The first-order valence-electron chi connectivity index (χ1n) is 9.25. The maximum absolute atomic E-state index is 12.9. The number of carbonyl (C=O) groups excluding carboxylic acids is 2.